The zero-order valence-electron chi connectivity index (χ0n) is 18.2. The Morgan fingerprint density at radius 3 is 2.58 bits per heavy atom. The number of rotatable bonds is 5. The maximum Gasteiger partial charge on any atom is 0.257 e. The van der Waals surface area contributed by atoms with E-state index in [0.29, 0.717) is 18.2 Å². The van der Waals surface area contributed by atoms with Crippen molar-refractivity contribution in [1.29, 1.82) is 0 Å². The Bertz CT molecular complexity index is 1050. The number of hydrogen-bond donors (Lipinski definition) is 1. The highest BCUT2D eigenvalue weighted by Gasteiger charge is 2.34. The molecule has 2 atom stereocenters. The first-order chi connectivity index (χ1) is 14.8. The monoisotopic (exact) mass is 463 g/mol. The molecule has 1 aromatic heterocycles. The molecule has 0 saturated carbocycles. The topological polar surface area (TPSA) is 88.6 Å². The summed E-state index contributed by atoms with van der Waals surface area (Å²) in [7, 11) is -2.35. The number of thiazole rings is 1. The molecule has 9 heteroatoms. The number of aromatic nitrogens is 1. The Morgan fingerprint density at radius 1 is 1.19 bits per heavy atom. The number of nitrogens with one attached hydrogen (secondary N) is 1. The fourth-order valence-electron chi connectivity index (χ4n) is 4.54. The molecule has 1 saturated heterocycles. The van der Waals surface area contributed by atoms with Crippen LogP contribution in [-0.2, 0) is 22.9 Å². The maximum atomic E-state index is 13.4. The first kappa shape index (κ1) is 22.2. The molecule has 1 aromatic carbocycles. The number of benzene rings is 1. The summed E-state index contributed by atoms with van der Waals surface area (Å²) in [5, 5.41) is 3.41. The second-order valence-corrected chi connectivity index (χ2v) is 11.7. The summed E-state index contributed by atoms with van der Waals surface area (Å²) in [6, 6.07) is 4.55. The molecule has 1 amide bonds. The molecule has 1 fully saturated rings. The molecule has 168 valence electrons. The maximum absolute atomic E-state index is 13.4. The third kappa shape index (κ3) is 4.63. The molecule has 0 bridgehead atoms. The van der Waals surface area contributed by atoms with Crippen LogP contribution in [0.2, 0.25) is 0 Å². The Labute approximate surface area is 187 Å². The van der Waals surface area contributed by atoms with Gasteiger partial charge in [0.2, 0.25) is 10.0 Å². The summed E-state index contributed by atoms with van der Waals surface area (Å²) >= 11 is 1.50. The number of anilines is 1. The Balaban J connectivity index is 1.61. The number of fused-ring (bicyclic) bond motifs is 1. The van der Waals surface area contributed by atoms with Crippen molar-refractivity contribution in [3.05, 3.63) is 34.3 Å². The average molecular weight is 464 g/mol. The Hall–Kier alpha value is -1.97. The number of carbonyl (C=O) groups excluding carboxylic acids is 1. The highest BCUT2D eigenvalue weighted by Crippen LogP contribution is 2.33. The van der Waals surface area contributed by atoms with E-state index in [1.807, 2.05) is 0 Å². The molecule has 1 N–H and O–H groups in total. The summed E-state index contributed by atoms with van der Waals surface area (Å²) in [6.07, 6.45) is 5.22. The minimum absolute atomic E-state index is 0.0300. The number of hydrogen-bond acceptors (Lipinski definition) is 6. The van der Waals surface area contributed by atoms with Gasteiger partial charge in [-0.25, -0.2) is 13.4 Å². The third-order valence-corrected chi connectivity index (χ3v) is 8.87. The highest BCUT2D eigenvalue weighted by atomic mass is 32.2. The average Bonchev–Trinajstić information content (AvgIpc) is 3.14. The van der Waals surface area contributed by atoms with Gasteiger partial charge in [0, 0.05) is 23.5 Å². The predicted molar refractivity (Wildman–Crippen MR) is 121 cm³/mol. The molecule has 0 radical (unpaired) electrons. The standard InChI is InChI=1S/C22H29N3O4S2/c1-14-10-15(2)13-25(12-14)31(27,28)20-11-16(8-9-18(20)29-3)21(26)24-22-23-17-6-4-5-7-19(17)30-22/h8-9,11,14-15H,4-7,10,12-13H2,1-3H3,(H,23,24,26). The molecule has 1 aliphatic carbocycles. The quantitative estimate of drug-likeness (QED) is 0.725. The summed E-state index contributed by atoms with van der Waals surface area (Å²) in [4.78, 5) is 18.7. The zero-order valence-corrected chi connectivity index (χ0v) is 19.8. The van der Waals surface area contributed by atoms with Gasteiger partial charge in [0.15, 0.2) is 5.13 Å². The van der Waals surface area contributed by atoms with Crippen molar-refractivity contribution >= 4 is 32.4 Å². The largest absolute Gasteiger partial charge is 0.495 e. The molecular weight excluding hydrogens is 434 g/mol. The first-order valence-electron chi connectivity index (χ1n) is 10.8. The van der Waals surface area contributed by atoms with Crippen LogP contribution in [0.15, 0.2) is 23.1 Å². The van der Waals surface area contributed by atoms with Gasteiger partial charge in [-0.2, -0.15) is 4.31 Å². The molecule has 1 aliphatic heterocycles. The van der Waals surface area contributed by atoms with Crippen molar-refractivity contribution in [1.82, 2.24) is 9.29 Å². The van der Waals surface area contributed by atoms with E-state index in [-0.39, 0.29) is 34.0 Å². The van der Waals surface area contributed by atoms with Crippen LogP contribution in [0.1, 0.15) is 54.0 Å². The predicted octanol–water partition coefficient (Wildman–Crippen LogP) is 3.95. The van der Waals surface area contributed by atoms with Gasteiger partial charge in [-0.05, 0) is 62.1 Å². The lowest BCUT2D eigenvalue weighted by Gasteiger charge is -2.34. The number of aryl methyl sites for hydroxylation is 2. The van der Waals surface area contributed by atoms with Gasteiger partial charge in [0.05, 0.1) is 12.8 Å². The number of carbonyl (C=O) groups is 1. The molecule has 0 spiro atoms. The van der Waals surface area contributed by atoms with Crippen LogP contribution < -0.4 is 10.1 Å². The van der Waals surface area contributed by atoms with Gasteiger partial charge in [-0.3, -0.25) is 10.1 Å². The fraction of sp³-hybridized carbons (Fsp3) is 0.545. The molecule has 2 heterocycles. The smallest absolute Gasteiger partial charge is 0.257 e. The van der Waals surface area contributed by atoms with Crippen LogP contribution in [0, 0.1) is 11.8 Å². The van der Waals surface area contributed by atoms with E-state index < -0.39 is 10.0 Å². The lowest BCUT2D eigenvalue weighted by molar-refractivity contribution is 0.102. The van der Waals surface area contributed by atoms with Crippen molar-refractivity contribution < 1.29 is 17.9 Å². The lowest BCUT2D eigenvalue weighted by Crippen LogP contribution is -2.42. The second kappa shape index (κ2) is 8.88. The van der Waals surface area contributed by atoms with Crippen molar-refractivity contribution in [2.24, 2.45) is 11.8 Å². The normalized spacial score (nSPS) is 22.0. The first-order valence-corrected chi connectivity index (χ1v) is 13.0. The fourth-order valence-corrected chi connectivity index (χ4v) is 7.44. The second-order valence-electron chi connectivity index (χ2n) is 8.68. The number of ether oxygens (including phenoxy) is 1. The summed E-state index contributed by atoms with van der Waals surface area (Å²) in [6.45, 7) is 5.06. The van der Waals surface area contributed by atoms with Crippen LogP contribution in [0.25, 0.3) is 0 Å². The lowest BCUT2D eigenvalue weighted by atomic mass is 9.94. The van der Waals surface area contributed by atoms with E-state index in [0.717, 1.165) is 37.8 Å². The molecule has 2 aliphatic rings. The number of methoxy groups -OCH3 is 1. The van der Waals surface area contributed by atoms with Crippen molar-refractivity contribution in [2.45, 2.75) is 50.8 Å². The van der Waals surface area contributed by atoms with E-state index in [9.17, 15) is 13.2 Å². The van der Waals surface area contributed by atoms with Crippen LogP contribution in [0.3, 0.4) is 0 Å². The summed E-state index contributed by atoms with van der Waals surface area (Å²) in [5.41, 5.74) is 1.34. The zero-order chi connectivity index (χ0) is 22.2. The van der Waals surface area contributed by atoms with Gasteiger partial charge in [-0.15, -0.1) is 11.3 Å². The van der Waals surface area contributed by atoms with E-state index in [4.69, 9.17) is 4.74 Å². The van der Waals surface area contributed by atoms with Gasteiger partial charge in [0.1, 0.15) is 10.6 Å². The number of nitrogens with zero attached hydrogens (tertiary/aromatic N) is 2. The molecule has 4 rings (SSSR count). The molecule has 7 nitrogen and oxygen atoms in total. The van der Waals surface area contributed by atoms with E-state index >= 15 is 0 Å². The number of piperidine rings is 1. The summed E-state index contributed by atoms with van der Waals surface area (Å²) in [5.74, 6) is 0.441. The van der Waals surface area contributed by atoms with E-state index in [1.54, 1.807) is 12.1 Å². The molecule has 31 heavy (non-hydrogen) atoms. The van der Waals surface area contributed by atoms with Gasteiger partial charge in [0.25, 0.3) is 5.91 Å². The van der Waals surface area contributed by atoms with Crippen molar-refractivity contribution in [2.75, 3.05) is 25.5 Å². The highest BCUT2D eigenvalue weighted by molar-refractivity contribution is 7.89. The van der Waals surface area contributed by atoms with E-state index in [2.05, 4.69) is 24.1 Å². The molecule has 2 unspecified atom stereocenters. The number of amides is 1. The third-order valence-electron chi connectivity index (χ3n) is 5.95. The Kier molecular flexibility index (Phi) is 6.37. The SMILES string of the molecule is COc1ccc(C(=O)Nc2nc3c(s2)CCCC3)cc1S(=O)(=O)N1CC(C)CC(C)C1. The Morgan fingerprint density at radius 2 is 1.90 bits per heavy atom. The van der Waals surface area contributed by atoms with Gasteiger partial charge < -0.3 is 4.74 Å². The number of sulfonamides is 1. The summed E-state index contributed by atoms with van der Waals surface area (Å²) < 4.78 is 33.7. The van der Waals surface area contributed by atoms with Gasteiger partial charge in [-0.1, -0.05) is 13.8 Å². The van der Waals surface area contributed by atoms with Crippen LogP contribution >= 0.6 is 11.3 Å². The van der Waals surface area contributed by atoms with Crippen LogP contribution in [-0.4, -0.2) is 43.8 Å². The van der Waals surface area contributed by atoms with Gasteiger partial charge >= 0.3 is 0 Å². The van der Waals surface area contributed by atoms with Crippen molar-refractivity contribution in [3.8, 4) is 5.75 Å². The van der Waals surface area contributed by atoms with Crippen molar-refractivity contribution in [3.63, 3.8) is 0 Å². The van der Waals surface area contributed by atoms with Crippen LogP contribution in [0.5, 0.6) is 5.75 Å². The van der Waals surface area contributed by atoms with Crippen LogP contribution in [0.4, 0.5) is 5.13 Å². The molecule has 2 aromatic rings. The molecular formula is C22H29N3O4S2. The minimum atomic E-state index is -3.79. The minimum Gasteiger partial charge on any atom is -0.495 e. The van der Waals surface area contributed by atoms with E-state index in [1.165, 1.54) is 33.7 Å².